The third-order valence-electron chi connectivity index (χ3n) is 5.39. The van der Waals surface area contributed by atoms with Gasteiger partial charge in [0.1, 0.15) is 0 Å². The standard InChI is InChI=1S/C24H24FN3O3S/c1-31-21-8-7-17(14-20(21)25)16-27-9-11-28(12-10-27)24(30)18-4-2-5-19(15-18)26-23(29)22-6-3-13-32-22/h2-8,13-15H,9-12,16H2,1H3,(H,26,29). The number of anilines is 1. The minimum absolute atomic E-state index is 0.0626. The van der Waals surface area contributed by atoms with Gasteiger partial charge in [-0.25, -0.2) is 4.39 Å². The minimum Gasteiger partial charge on any atom is -0.494 e. The highest BCUT2D eigenvalue weighted by Crippen LogP contribution is 2.20. The van der Waals surface area contributed by atoms with E-state index in [2.05, 4.69) is 10.2 Å². The van der Waals surface area contributed by atoms with Crippen molar-refractivity contribution in [2.45, 2.75) is 6.54 Å². The van der Waals surface area contributed by atoms with E-state index in [0.717, 1.165) is 5.56 Å². The first-order valence-electron chi connectivity index (χ1n) is 10.3. The Morgan fingerprint density at radius 2 is 1.88 bits per heavy atom. The van der Waals surface area contributed by atoms with Gasteiger partial charge in [-0.3, -0.25) is 14.5 Å². The van der Waals surface area contributed by atoms with Gasteiger partial charge in [0.25, 0.3) is 11.8 Å². The Morgan fingerprint density at radius 3 is 2.56 bits per heavy atom. The fraction of sp³-hybridized carbons (Fsp3) is 0.250. The van der Waals surface area contributed by atoms with E-state index in [0.29, 0.717) is 48.9 Å². The normalized spacial score (nSPS) is 14.2. The number of carbonyl (C=O) groups is 2. The van der Waals surface area contributed by atoms with Gasteiger partial charge in [-0.15, -0.1) is 11.3 Å². The Hall–Kier alpha value is -3.23. The Balaban J connectivity index is 1.33. The van der Waals surface area contributed by atoms with Gasteiger partial charge < -0.3 is 15.0 Å². The average molecular weight is 454 g/mol. The molecule has 2 amide bonds. The Bertz CT molecular complexity index is 1100. The molecule has 1 aliphatic rings. The maximum atomic E-state index is 13.9. The molecule has 1 aliphatic heterocycles. The van der Waals surface area contributed by atoms with Crippen molar-refractivity contribution in [2.24, 2.45) is 0 Å². The zero-order valence-electron chi connectivity index (χ0n) is 17.7. The van der Waals surface area contributed by atoms with Gasteiger partial charge >= 0.3 is 0 Å². The number of rotatable bonds is 6. The number of hydrogen-bond acceptors (Lipinski definition) is 5. The number of piperazine rings is 1. The quantitative estimate of drug-likeness (QED) is 0.610. The van der Waals surface area contributed by atoms with Crippen molar-refractivity contribution in [3.63, 3.8) is 0 Å². The Labute approximate surface area is 190 Å². The molecule has 1 N–H and O–H groups in total. The molecular formula is C24H24FN3O3S. The topological polar surface area (TPSA) is 61.9 Å². The first-order valence-corrected chi connectivity index (χ1v) is 11.2. The van der Waals surface area contributed by atoms with Crippen molar-refractivity contribution in [3.8, 4) is 5.75 Å². The summed E-state index contributed by atoms with van der Waals surface area (Å²) in [6.07, 6.45) is 0. The van der Waals surface area contributed by atoms with E-state index >= 15 is 0 Å². The molecule has 1 fully saturated rings. The fourth-order valence-electron chi connectivity index (χ4n) is 3.69. The summed E-state index contributed by atoms with van der Waals surface area (Å²) >= 11 is 1.37. The van der Waals surface area contributed by atoms with E-state index in [1.54, 1.807) is 36.4 Å². The number of thiophene rings is 1. The van der Waals surface area contributed by atoms with E-state index in [1.807, 2.05) is 22.4 Å². The predicted molar refractivity (Wildman–Crippen MR) is 123 cm³/mol. The number of methoxy groups -OCH3 is 1. The second-order valence-electron chi connectivity index (χ2n) is 7.55. The van der Waals surface area contributed by atoms with Crippen molar-refractivity contribution in [1.82, 2.24) is 9.80 Å². The molecular weight excluding hydrogens is 429 g/mol. The summed E-state index contributed by atoms with van der Waals surface area (Å²) in [6.45, 7) is 3.20. The molecule has 0 bridgehead atoms. The molecule has 0 unspecified atom stereocenters. The molecule has 0 aliphatic carbocycles. The third-order valence-corrected chi connectivity index (χ3v) is 6.26. The lowest BCUT2D eigenvalue weighted by molar-refractivity contribution is 0.0628. The second-order valence-corrected chi connectivity index (χ2v) is 8.50. The molecule has 32 heavy (non-hydrogen) atoms. The summed E-state index contributed by atoms with van der Waals surface area (Å²) in [5.74, 6) is -0.386. The lowest BCUT2D eigenvalue weighted by atomic mass is 10.1. The Kier molecular flexibility index (Phi) is 6.82. The van der Waals surface area contributed by atoms with Crippen molar-refractivity contribution < 1.29 is 18.7 Å². The van der Waals surface area contributed by atoms with Crippen LogP contribution in [-0.2, 0) is 6.54 Å². The maximum Gasteiger partial charge on any atom is 0.265 e. The van der Waals surface area contributed by atoms with Crippen LogP contribution in [0, 0.1) is 5.82 Å². The Morgan fingerprint density at radius 1 is 1.06 bits per heavy atom. The zero-order chi connectivity index (χ0) is 22.5. The highest BCUT2D eigenvalue weighted by Gasteiger charge is 2.23. The lowest BCUT2D eigenvalue weighted by Crippen LogP contribution is -2.48. The summed E-state index contributed by atoms with van der Waals surface area (Å²) in [6, 6.07) is 15.6. The molecule has 0 spiro atoms. The number of carbonyl (C=O) groups excluding carboxylic acids is 2. The van der Waals surface area contributed by atoms with E-state index in [9.17, 15) is 14.0 Å². The molecule has 1 aromatic heterocycles. The first-order chi connectivity index (χ1) is 15.5. The highest BCUT2D eigenvalue weighted by atomic mass is 32.1. The van der Waals surface area contributed by atoms with Crippen LogP contribution in [0.25, 0.3) is 0 Å². The number of ether oxygens (including phenoxy) is 1. The van der Waals surface area contributed by atoms with Crippen LogP contribution in [-0.4, -0.2) is 54.9 Å². The van der Waals surface area contributed by atoms with Crippen molar-refractivity contribution >= 4 is 28.8 Å². The van der Waals surface area contributed by atoms with E-state index < -0.39 is 0 Å². The summed E-state index contributed by atoms with van der Waals surface area (Å²) < 4.78 is 18.9. The molecule has 6 nitrogen and oxygen atoms in total. The zero-order valence-corrected chi connectivity index (χ0v) is 18.5. The number of hydrogen-bond donors (Lipinski definition) is 1. The summed E-state index contributed by atoms with van der Waals surface area (Å²) in [7, 11) is 1.45. The van der Waals surface area contributed by atoms with Crippen LogP contribution in [0.5, 0.6) is 5.75 Å². The van der Waals surface area contributed by atoms with Crippen LogP contribution in [0.15, 0.2) is 60.0 Å². The molecule has 0 saturated carbocycles. The summed E-state index contributed by atoms with van der Waals surface area (Å²) in [4.78, 5) is 29.9. The monoisotopic (exact) mass is 453 g/mol. The number of benzene rings is 2. The summed E-state index contributed by atoms with van der Waals surface area (Å²) in [5.41, 5.74) is 2.01. The van der Waals surface area contributed by atoms with Crippen LogP contribution >= 0.6 is 11.3 Å². The highest BCUT2D eigenvalue weighted by molar-refractivity contribution is 7.12. The molecule has 1 saturated heterocycles. The van der Waals surface area contributed by atoms with Crippen LogP contribution < -0.4 is 10.1 Å². The maximum absolute atomic E-state index is 13.9. The van der Waals surface area contributed by atoms with Crippen LogP contribution in [0.3, 0.4) is 0 Å². The number of amides is 2. The van der Waals surface area contributed by atoms with Gasteiger partial charge in [0.15, 0.2) is 11.6 Å². The van der Waals surface area contributed by atoms with Crippen molar-refractivity contribution in [3.05, 3.63) is 81.8 Å². The van der Waals surface area contributed by atoms with Gasteiger partial charge in [0.05, 0.1) is 12.0 Å². The molecule has 3 aromatic rings. The van der Waals surface area contributed by atoms with Crippen molar-refractivity contribution in [2.75, 3.05) is 38.6 Å². The fourth-order valence-corrected chi connectivity index (χ4v) is 4.31. The first kappa shape index (κ1) is 22.0. The SMILES string of the molecule is COc1ccc(CN2CCN(C(=O)c3cccc(NC(=O)c4cccs4)c3)CC2)cc1F. The van der Waals surface area contributed by atoms with Gasteiger partial charge in [0, 0.05) is 44.0 Å². The van der Waals surface area contributed by atoms with Crippen LogP contribution in [0.2, 0.25) is 0 Å². The molecule has 2 heterocycles. The molecule has 2 aromatic carbocycles. The van der Waals surface area contributed by atoms with Gasteiger partial charge in [0.2, 0.25) is 0 Å². The van der Waals surface area contributed by atoms with E-state index in [4.69, 9.17) is 4.74 Å². The number of nitrogens with one attached hydrogen (secondary N) is 1. The largest absolute Gasteiger partial charge is 0.494 e. The van der Waals surface area contributed by atoms with Crippen molar-refractivity contribution in [1.29, 1.82) is 0 Å². The molecule has 0 radical (unpaired) electrons. The van der Waals surface area contributed by atoms with E-state index in [-0.39, 0.29) is 23.4 Å². The number of halogens is 1. The molecule has 166 valence electrons. The average Bonchev–Trinajstić information content (AvgIpc) is 3.35. The second kappa shape index (κ2) is 9.93. The molecule has 0 atom stereocenters. The van der Waals surface area contributed by atoms with Crippen LogP contribution in [0.4, 0.5) is 10.1 Å². The van der Waals surface area contributed by atoms with Gasteiger partial charge in [-0.1, -0.05) is 18.2 Å². The van der Waals surface area contributed by atoms with E-state index in [1.165, 1.54) is 24.5 Å². The number of nitrogens with zero attached hydrogens (tertiary/aromatic N) is 2. The van der Waals surface area contributed by atoms with Gasteiger partial charge in [-0.05, 0) is 47.3 Å². The van der Waals surface area contributed by atoms with Crippen LogP contribution in [0.1, 0.15) is 25.6 Å². The molecule has 8 heteroatoms. The van der Waals surface area contributed by atoms with Gasteiger partial charge in [-0.2, -0.15) is 0 Å². The lowest BCUT2D eigenvalue weighted by Gasteiger charge is -2.35. The molecule has 4 rings (SSSR count). The summed E-state index contributed by atoms with van der Waals surface area (Å²) in [5, 5.41) is 4.69. The predicted octanol–water partition coefficient (Wildman–Crippen LogP) is 4.11. The third kappa shape index (κ3) is 5.15. The smallest absolute Gasteiger partial charge is 0.265 e. The minimum atomic E-state index is -0.370.